The Balaban J connectivity index is 1.80. The summed E-state index contributed by atoms with van der Waals surface area (Å²) in [4.78, 5) is 13.0. The fraction of sp³-hybridized carbons (Fsp3) is 0.208. The summed E-state index contributed by atoms with van der Waals surface area (Å²) < 4.78 is 32.5. The van der Waals surface area contributed by atoms with Crippen LogP contribution in [0.1, 0.15) is 34.5 Å². The number of rotatable bonds is 8. The first-order valence-electron chi connectivity index (χ1n) is 10.1. The number of sulfonamides is 1. The van der Waals surface area contributed by atoms with Crippen LogP contribution in [0.5, 0.6) is 5.75 Å². The van der Waals surface area contributed by atoms with Crippen LogP contribution in [0.3, 0.4) is 0 Å². The molecule has 174 valence electrons. The molecule has 0 saturated carbocycles. The molecule has 0 unspecified atom stereocenters. The summed E-state index contributed by atoms with van der Waals surface area (Å²) >= 11 is 11.8. The Labute approximate surface area is 204 Å². The topological polar surface area (TPSA) is 75.7 Å². The zero-order valence-electron chi connectivity index (χ0n) is 18.4. The largest absolute Gasteiger partial charge is 0.496 e. The molecule has 0 saturated heterocycles. The van der Waals surface area contributed by atoms with Crippen molar-refractivity contribution in [2.45, 2.75) is 24.4 Å². The summed E-state index contributed by atoms with van der Waals surface area (Å²) in [5.74, 6) is 0.194. The van der Waals surface area contributed by atoms with E-state index >= 15 is 0 Å². The Morgan fingerprint density at radius 2 is 1.58 bits per heavy atom. The fourth-order valence-electron chi connectivity index (χ4n) is 3.27. The predicted molar refractivity (Wildman–Crippen MR) is 130 cm³/mol. The number of carbonyl (C=O) groups excluding carboxylic acids is 1. The Bertz CT molecular complexity index is 1230. The lowest BCUT2D eigenvalue weighted by Gasteiger charge is -2.20. The standard InChI is InChI=1S/C24H24Cl2N2O4S/c1-16(17-4-7-20(25)8-5-17)27-24(29)18-6-13-23(32-3)19(14-18)15-28(2)33(30,31)22-11-9-21(26)10-12-22/h4-14,16H,15H2,1-3H3,(H,27,29)/t16-/m1/s1. The minimum atomic E-state index is -3.76. The van der Waals surface area contributed by atoms with Crippen LogP contribution in [-0.4, -0.2) is 32.8 Å². The van der Waals surface area contributed by atoms with Gasteiger partial charge in [-0.15, -0.1) is 0 Å². The molecule has 0 radical (unpaired) electrons. The van der Waals surface area contributed by atoms with E-state index in [2.05, 4.69) is 5.32 Å². The normalized spacial score (nSPS) is 12.4. The zero-order valence-corrected chi connectivity index (χ0v) is 20.7. The molecule has 0 aliphatic heterocycles. The maximum atomic E-state index is 12.9. The molecule has 1 atom stereocenters. The first-order valence-corrected chi connectivity index (χ1v) is 12.3. The summed E-state index contributed by atoms with van der Waals surface area (Å²) in [6.07, 6.45) is 0. The molecular weight excluding hydrogens is 483 g/mol. The van der Waals surface area contributed by atoms with Gasteiger partial charge in [0.25, 0.3) is 5.91 Å². The van der Waals surface area contributed by atoms with Gasteiger partial charge in [-0.25, -0.2) is 8.42 Å². The summed E-state index contributed by atoms with van der Waals surface area (Å²) in [7, 11) is -0.797. The molecule has 1 amide bonds. The second-order valence-electron chi connectivity index (χ2n) is 7.49. The maximum Gasteiger partial charge on any atom is 0.251 e. The first-order chi connectivity index (χ1) is 15.6. The Hall–Kier alpha value is -2.58. The third-order valence-electron chi connectivity index (χ3n) is 5.18. The molecule has 3 aromatic carbocycles. The van der Waals surface area contributed by atoms with Crippen LogP contribution < -0.4 is 10.1 Å². The molecule has 0 heterocycles. The van der Waals surface area contributed by atoms with Gasteiger partial charge in [0.15, 0.2) is 0 Å². The molecule has 6 nitrogen and oxygen atoms in total. The monoisotopic (exact) mass is 506 g/mol. The molecule has 0 aromatic heterocycles. The van der Waals surface area contributed by atoms with Crippen molar-refractivity contribution in [2.75, 3.05) is 14.2 Å². The van der Waals surface area contributed by atoms with Crippen molar-refractivity contribution in [3.05, 3.63) is 93.5 Å². The number of hydrogen-bond acceptors (Lipinski definition) is 4. The van der Waals surface area contributed by atoms with Gasteiger partial charge < -0.3 is 10.1 Å². The van der Waals surface area contributed by atoms with Crippen molar-refractivity contribution < 1.29 is 17.9 Å². The molecule has 1 N–H and O–H groups in total. The average molecular weight is 507 g/mol. The van der Waals surface area contributed by atoms with Crippen molar-refractivity contribution in [2.24, 2.45) is 0 Å². The van der Waals surface area contributed by atoms with Crippen LogP contribution in [0.25, 0.3) is 0 Å². The van der Waals surface area contributed by atoms with Crippen molar-refractivity contribution >= 4 is 39.1 Å². The minimum absolute atomic E-state index is 0.0159. The lowest BCUT2D eigenvalue weighted by atomic mass is 10.1. The number of amides is 1. The highest BCUT2D eigenvalue weighted by molar-refractivity contribution is 7.89. The highest BCUT2D eigenvalue weighted by Crippen LogP contribution is 2.25. The van der Waals surface area contributed by atoms with E-state index in [1.54, 1.807) is 30.3 Å². The molecule has 0 aliphatic carbocycles. The van der Waals surface area contributed by atoms with Gasteiger partial charge in [0.05, 0.1) is 18.0 Å². The molecule has 9 heteroatoms. The van der Waals surface area contributed by atoms with Gasteiger partial charge in [0, 0.05) is 34.8 Å². The number of nitrogens with one attached hydrogen (secondary N) is 1. The molecule has 0 aliphatic rings. The van der Waals surface area contributed by atoms with E-state index in [9.17, 15) is 13.2 Å². The lowest BCUT2D eigenvalue weighted by Crippen LogP contribution is -2.28. The van der Waals surface area contributed by atoms with Crippen LogP contribution in [0, 0.1) is 0 Å². The summed E-state index contributed by atoms with van der Waals surface area (Å²) in [6, 6.07) is 17.9. The molecule has 3 rings (SSSR count). The van der Waals surface area contributed by atoms with Crippen LogP contribution in [0.2, 0.25) is 10.0 Å². The molecule has 33 heavy (non-hydrogen) atoms. The SMILES string of the molecule is COc1ccc(C(=O)N[C@H](C)c2ccc(Cl)cc2)cc1CN(C)S(=O)(=O)c1ccc(Cl)cc1. The van der Waals surface area contributed by atoms with Crippen LogP contribution in [0.4, 0.5) is 0 Å². The number of ether oxygens (including phenoxy) is 1. The van der Waals surface area contributed by atoms with E-state index in [1.165, 1.54) is 42.7 Å². The third-order valence-corrected chi connectivity index (χ3v) is 7.50. The minimum Gasteiger partial charge on any atom is -0.496 e. The van der Waals surface area contributed by atoms with Crippen LogP contribution >= 0.6 is 23.2 Å². The molecule has 3 aromatic rings. The summed E-state index contributed by atoms with van der Waals surface area (Å²) in [6.45, 7) is 1.89. The van der Waals surface area contributed by atoms with E-state index in [4.69, 9.17) is 27.9 Å². The second-order valence-corrected chi connectivity index (χ2v) is 10.4. The number of carbonyl (C=O) groups is 1. The van der Waals surface area contributed by atoms with Gasteiger partial charge in [-0.1, -0.05) is 35.3 Å². The quantitative estimate of drug-likeness (QED) is 0.448. The molecular formula is C24H24Cl2N2O4S. The highest BCUT2D eigenvalue weighted by atomic mass is 35.5. The third kappa shape index (κ3) is 6.06. The number of hydrogen-bond donors (Lipinski definition) is 1. The first kappa shape index (κ1) is 25.1. The Morgan fingerprint density at radius 3 is 2.15 bits per heavy atom. The molecule has 0 spiro atoms. The average Bonchev–Trinajstić information content (AvgIpc) is 2.79. The Kier molecular flexibility index (Phi) is 8.02. The summed E-state index contributed by atoms with van der Waals surface area (Å²) in [5, 5.41) is 4.01. The van der Waals surface area contributed by atoms with Crippen molar-refractivity contribution in [1.29, 1.82) is 0 Å². The predicted octanol–water partition coefficient (Wildman–Crippen LogP) is 5.31. The van der Waals surface area contributed by atoms with Crippen LogP contribution in [0.15, 0.2) is 71.6 Å². The Morgan fingerprint density at radius 1 is 1.00 bits per heavy atom. The van der Waals surface area contributed by atoms with E-state index in [1.807, 2.05) is 19.1 Å². The van der Waals surface area contributed by atoms with Crippen molar-refractivity contribution in [3.8, 4) is 5.75 Å². The van der Waals surface area contributed by atoms with E-state index in [0.717, 1.165) is 5.56 Å². The van der Waals surface area contributed by atoms with Gasteiger partial charge in [0.1, 0.15) is 5.75 Å². The fourth-order valence-corrected chi connectivity index (χ4v) is 4.67. The van der Waals surface area contributed by atoms with Gasteiger partial charge in [-0.2, -0.15) is 4.31 Å². The number of nitrogens with zero attached hydrogens (tertiary/aromatic N) is 1. The van der Waals surface area contributed by atoms with E-state index in [0.29, 0.717) is 26.9 Å². The summed E-state index contributed by atoms with van der Waals surface area (Å²) in [5.41, 5.74) is 1.86. The van der Waals surface area contributed by atoms with Crippen LogP contribution in [-0.2, 0) is 16.6 Å². The van der Waals surface area contributed by atoms with Gasteiger partial charge in [-0.05, 0) is 67.1 Å². The highest BCUT2D eigenvalue weighted by Gasteiger charge is 2.23. The lowest BCUT2D eigenvalue weighted by molar-refractivity contribution is 0.0939. The zero-order chi connectivity index (χ0) is 24.2. The molecule has 0 bridgehead atoms. The van der Waals surface area contributed by atoms with Gasteiger partial charge >= 0.3 is 0 Å². The number of methoxy groups -OCH3 is 1. The van der Waals surface area contributed by atoms with E-state index in [-0.39, 0.29) is 23.4 Å². The number of halogens is 2. The van der Waals surface area contributed by atoms with Gasteiger partial charge in [0.2, 0.25) is 10.0 Å². The smallest absolute Gasteiger partial charge is 0.251 e. The van der Waals surface area contributed by atoms with Crippen molar-refractivity contribution in [1.82, 2.24) is 9.62 Å². The van der Waals surface area contributed by atoms with E-state index < -0.39 is 10.0 Å². The van der Waals surface area contributed by atoms with Crippen molar-refractivity contribution in [3.63, 3.8) is 0 Å². The second kappa shape index (κ2) is 10.6. The maximum absolute atomic E-state index is 12.9. The molecule has 0 fully saturated rings. The number of benzene rings is 3. The van der Waals surface area contributed by atoms with Gasteiger partial charge in [-0.3, -0.25) is 4.79 Å².